The highest BCUT2D eigenvalue weighted by Gasteiger charge is 2.26. The van der Waals surface area contributed by atoms with Gasteiger partial charge in [-0.15, -0.1) is 0 Å². The van der Waals surface area contributed by atoms with Gasteiger partial charge in [0.1, 0.15) is 6.10 Å². The first-order chi connectivity index (χ1) is 8.13. The monoisotopic (exact) mass is 258 g/mol. The predicted octanol–water partition coefficient (Wildman–Crippen LogP) is 2.05. The first kappa shape index (κ1) is 14.1. The van der Waals surface area contributed by atoms with E-state index in [1.165, 1.54) is 0 Å². The van der Waals surface area contributed by atoms with Crippen molar-refractivity contribution in [2.75, 3.05) is 5.75 Å². The van der Waals surface area contributed by atoms with Crippen LogP contribution in [0.2, 0.25) is 0 Å². The molecule has 0 aliphatic heterocycles. The highest BCUT2D eigenvalue weighted by Crippen LogP contribution is 2.24. The molecule has 2 unspecified atom stereocenters. The zero-order valence-electron chi connectivity index (χ0n) is 9.67. The van der Waals surface area contributed by atoms with E-state index in [1.54, 1.807) is 0 Å². The summed E-state index contributed by atoms with van der Waals surface area (Å²) < 4.78 is 5.22. The van der Waals surface area contributed by atoms with Crippen molar-refractivity contribution in [1.29, 1.82) is 0 Å². The third-order valence-electron chi connectivity index (χ3n) is 2.74. The molecule has 0 aromatic heterocycles. The molecule has 1 N–H and O–H groups in total. The Morgan fingerprint density at radius 1 is 1.53 bits per heavy atom. The van der Waals surface area contributed by atoms with E-state index in [1.807, 2.05) is 12.2 Å². The number of carbonyl (C=O) groups is 2. The van der Waals surface area contributed by atoms with Crippen molar-refractivity contribution in [2.45, 2.75) is 38.2 Å². The van der Waals surface area contributed by atoms with E-state index in [4.69, 9.17) is 9.84 Å². The van der Waals surface area contributed by atoms with Gasteiger partial charge in [0.25, 0.3) is 0 Å². The first-order valence-corrected chi connectivity index (χ1v) is 6.45. The van der Waals surface area contributed by atoms with E-state index >= 15 is 0 Å². The highest BCUT2D eigenvalue weighted by molar-refractivity contribution is 7.80. The molecule has 0 aromatic rings. The summed E-state index contributed by atoms with van der Waals surface area (Å²) in [6.45, 7) is 0. The Bertz CT molecular complexity index is 301. The van der Waals surface area contributed by atoms with Crippen LogP contribution in [0.1, 0.15) is 32.1 Å². The maximum atomic E-state index is 11.4. The maximum absolute atomic E-state index is 11.4. The van der Waals surface area contributed by atoms with Crippen molar-refractivity contribution in [1.82, 2.24) is 0 Å². The Hall–Kier alpha value is -0.970. The molecule has 4 nitrogen and oxygen atoms in total. The number of ether oxygens (including phenoxy) is 1. The Balaban J connectivity index is 2.58. The largest absolute Gasteiger partial charge is 0.481 e. The van der Waals surface area contributed by atoms with Crippen molar-refractivity contribution in [3.05, 3.63) is 12.2 Å². The average molecular weight is 258 g/mol. The zero-order valence-corrected chi connectivity index (χ0v) is 10.6. The van der Waals surface area contributed by atoms with Gasteiger partial charge in [-0.25, -0.2) is 0 Å². The van der Waals surface area contributed by atoms with Crippen LogP contribution < -0.4 is 0 Å². The van der Waals surface area contributed by atoms with Crippen LogP contribution in [0.5, 0.6) is 0 Å². The summed E-state index contributed by atoms with van der Waals surface area (Å²) in [6.07, 6.45) is 6.44. The molecule has 1 aliphatic rings. The summed E-state index contributed by atoms with van der Waals surface area (Å²) in [4.78, 5) is 22.2. The molecule has 2 atom stereocenters. The minimum atomic E-state index is -0.937. The lowest BCUT2D eigenvalue weighted by molar-refractivity contribution is -0.154. The molecular weight excluding hydrogens is 240 g/mol. The van der Waals surface area contributed by atoms with E-state index in [0.29, 0.717) is 5.75 Å². The molecule has 0 radical (unpaired) electrons. The van der Waals surface area contributed by atoms with Crippen molar-refractivity contribution >= 4 is 24.6 Å². The molecule has 0 saturated carbocycles. The van der Waals surface area contributed by atoms with Gasteiger partial charge in [0, 0.05) is 11.7 Å². The minimum absolute atomic E-state index is 0.0312. The molecule has 0 bridgehead atoms. The van der Waals surface area contributed by atoms with Crippen LogP contribution in [-0.4, -0.2) is 28.9 Å². The van der Waals surface area contributed by atoms with Gasteiger partial charge in [-0.2, -0.15) is 12.6 Å². The maximum Gasteiger partial charge on any atom is 0.307 e. The van der Waals surface area contributed by atoms with Crippen molar-refractivity contribution < 1.29 is 19.4 Å². The lowest BCUT2D eigenvalue weighted by Crippen LogP contribution is -2.29. The quantitative estimate of drug-likeness (QED) is 0.435. The molecule has 0 heterocycles. The van der Waals surface area contributed by atoms with Crippen LogP contribution in [0.25, 0.3) is 0 Å². The van der Waals surface area contributed by atoms with Crippen molar-refractivity contribution in [3.63, 3.8) is 0 Å². The van der Waals surface area contributed by atoms with Crippen LogP contribution in [-0.2, 0) is 14.3 Å². The van der Waals surface area contributed by atoms with E-state index in [9.17, 15) is 9.59 Å². The molecule has 0 saturated heterocycles. The molecule has 1 rings (SSSR count). The second kappa shape index (κ2) is 7.37. The first-order valence-electron chi connectivity index (χ1n) is 5.82. The fraction of sp³-hybridized carbons (Fsp3) is 0.667. The number of carbonyl (C=O) groups excluding carboxylic acids is 1. The second-order valence-corrected chi connectivity index (χ2v) is 4.57. The highest BCUT2D eigenvalue weighted by atomic mass is 32.1. The van der Waals surface area contributed by atoms with E-state index < -0.39 is 12.1 Å². The lowest BCUT2D eigenvalue weighted by atomic mass is 9.89. The van der Waals surface area contributed by atoms with Crippen LogP contribution in [0.4, 0.5) is 0 Å². The van der Waals surface area contributed by atoms with Gasteiger partial charge in [-0.3, -0.25) is 9.59 Å². The predicted molar refractivity (Wildman–Crippen MR) is 67.1 cm³/mol. The number of carboxylic acid groups (broad SMARTS) is 1. The van der Waals surface area contributed by atoms with E-state index in [0.717, 1.165) is 19.3 Å². The number of hydrogen-bond acceptors (Lipinski definition) is 4. The molecule has 5 heteroatoms. The van der Waals surface area contributed by atoms with Crippen molar-refractivity contribution in [3.8, 4) is 0 Å². The van der Waals surface area contributed by atoms with Crippen LogP contribution in [0, 0.1) is 5.92 Å². The third-order valence-corrected chi connectivity index (χ3v) is 2.97. The summed E-state index contributed by atoms with van der Waals surface area (Å²) in [5.74, 6) is -0.861. The molecule has 0 amide bonds. The fourth-order valence-electron chi connectivity index (χ4n) is 1.92. The minimum Gasteiger partial charge on any atom is -0.481 e. The summed E-state index contributed by atoms with van der Waals surface area (Å²) in [5.41, 5.74) is 0. The van der Waals surface area contributed by atoms with Gasteiger partial charge in [0.15, 0.2) is 0 Å². The van der Waals surface area contributed by atoms with Crippen molar-refractivity contribution in [2.24, 2.45) is 5.92 Å². The Morgan fingerprint density at radius 2 is 2.29 bits per heavy atom. The Labute approximate surface area is 106 Å². The number of aliphatic carboxylic acids is 1. The normalized spacial score (nSPS) is 20.9. The van der Waals surface area contributed by atoms with Gasteiger partial charge in [0.2, 0.25) is 0 Å². The summed E-state index contributed by atoms with van der Waals surface area (Å²) >= 11 is 3.95. The fourth-order valence-corrected chi connectivity index (χ4v) is 2.10. The molecule has 0 aromatic carbocycles. The molecule has 1 aliphatic carbocycles. The van der Waals surface area contributed by atoms with Gasteiger partial charge < -0.3 is 9.84 Å². The van der Waals surface area contributed by atoms with Crippen LogP contribution >= 0.6 is 12.6 Å². The number of esters is 1. The number of carboxylic acids is 1. The number of hydrogen-bond donors (Lipinski definition) is 2. The number of rotatable bonds is 6. The van der Waals surface area contributed by atoms with E-state index in [2.05, 4.69) is 12.6 Å². The Kier molecular flexibility index (Phi) is 6.11. The second-order valence-electron chi connectivity index (χ2n) is 4.12. The summed E-state index contributed by atoms with van der Waals surface area (Å²) in [7, 11) is 0. The molecule has 0 fully saturated rings. The zero-order chi connectivity index (χ0) is 12.7. The van der Waals surface area contributed by atoms with Gasteiger partial charge in [0.05, 0.1) is 12.8 Å². The number of thiol groups is 1. The number of allylic oxidation sites excluding steroid dienone is 1. The molecule has 0 spiro atoms. The van der Waals surface area contributed by atoms with Crippen LogP contribution in [0.3, 0.4) is 0 Å². The average Bonchev–Trinajstić information content (AvgIpc) is 2.29. The van der Waals surface area contributed by atoms with Gasteiger partial charge in [-0.05, 0) is 19.3 Å². The standard InChI is InChI=1S/C12H18O4S/c13-11(14)8-10(16-12(15)6-7-17)9-4-2-1-3-5-9/h2,4,9-10,17H,1,3,5-8H2,(H,13,14). The Morgan fingerprint density at radius 3 is 2.82 bits per heavy atom. The van der Waals surface area contributed by atoms with Gasteiger partial charge >= 0.3 is 11.9 Å². The third kappa shape index (κ3) is 5.26. The SMILES string of the molecule is O=C(O)CC(OC(=O)CCS)C1C=CCCC1. The molecule has 96 valence electrons. The van der Waals surface area contributed by atoms with Crippen LogP contribution in [0.15, 0.2) is 12.2 Å². The lowest BCUT2D eigenvalue weighted by Gasteiger charge is -2.25. The summed E-state index contributed by atoms with van der Waals surface area (Å²) in [5, 5.41) is 8.83. The molecule has 17 heavy (non-hydrogen) atoms. The smallest absolute Gasteiger partial charge is 0.307 e. The van der Waals surface area contributed by atoms with E-state index in [-0.39, 0.29) is 24.7 Å². The van der Waals surface area contributed by atoms with Gasteiger partial charge in [-0.1, -0.05) is 12.2 Å². The molecular formula is C12H18O4S. The topological polar surface area (TPSA) is 63.6 Å². The summed E-state index contributed by atoms with van der Waals surface area (Å²) in [6, 6.07) is 0.